The maximum atomic E-state index is 13.6. The zero-order valence-electron chi connectivity index (χ0n) is 18.5. The van der Waals surface area contributed by atoms with E-state index in [1.807, 2.05) is 24.3 Å². The van der Waals surface area contributed by atoms with Crippen LogP contribution in [-0.4, -0.2) is 55.6 Å². The third-order valence-electron chi connectivity index (χ3n) is 6.54. The van der Waals surface area contributed by atoms with Gasteiger partial charge in [-0.2, -0.15) is 0 Å². The topological polar surface area (TPSA) is 44.8 Å². The van der Waals surface area contributed by atoms with E-state index in [0.29, 0.717) is 18.0 Å². The van der Waals surface area contributed by atoms with Gasteiger partial charge in [-0.15, -0.1) is 0 Å². The standard InChI is InChI=1S/C25H30FN3O2/c1-4-29-13-11-21(12-14-29)28(2)23-16-19-15-18(25(30)31-3)7-10-22(19)27-24(23)17-5-8-20(26)9-6-17/h5-10,15,21,27H,4,11-14,16H2,1-3H3. The predicted molar refractivity (Wildman–Crippen MR) is 121 cm³/mol. The highest BCUT2D eigenvalue weighted by atomic mass is 19.1. The molecule has 0 spiro atoms. The lowest BCUT2D eigenvalue weighted by molar-refractivity contribution is 0.0600. The van der Waals surface area contributed by atoms with Crippen molar-refractivity contribution in [2.24, 2.45) is 0 Å². The van der Waals surface area contributed by atoms with Gasteiger partial charge in [0.05, 0.1) is 18.4 Å². The minimum Gasteiger partial charge on any atom is -0.465 e. The molecule has 164 valence electrons. The Morgan fingerprint density at radius 3 is 2.55 bits per heavy atom. The van der Waals surface area contributed by atoms with E-state index in [2.05, 4.69) is 29.1 Å². The number of fused-ring (bicyclic) bond motifs is 1. The number of esters is 1. The number of hydrogen-bond acceptors (Lipinski definition) is 5. The number of carbonyl (C=O) groups excluding carboxylic acids is 1. The Bertz CT molecular complexity index is 979. The molecule has 6 heteroatoms. The fourth-order valence-corrected chi connectivity index (χ4v) is 4.58. The summed E-state index contributed by atoms with van der Waals surface area (Å²) in [5, 5.41) is 3.56. The number of carbonyl (C=O) groups is 1. The molecule has 1 fully saturated rings. The molecule has 2 heterocycles. The van der Waals surface area contributed by atoms with Crippen LogP contribution in [0.3, 0.4) is 0 Å². The van der Waals surface area contributed by atoms with E-state index in [9.17, 15) is 9.18 Å². The van der Waals surface area contributed by atoms with Crippen LogP contribution in [0.1, 0.15) is 41.3 Å². The maximum Gasteiger partial charge on any atom is 0.337 e. The molecule has 2 aliphatic heterocycles. The number of ether oxygens (including phenoxy) is 1. The van der Waals surface area contributed by atoms with Crippen LogP contribution in [0.25, 0.3) is 5.70 Å². The zero-order chi connectivity index (χ0) is 22.0. The summed E-state index contributed by atoms with van der Waals surface area (Å²) in [6.07, 6.45) is 2.92. The van der Waals surface area contributed by atoms with Crippen molar-refractivity contribution in [3.05, 3.63) is 70.7 Å². The summed E-state index contributed by atoms with van der Waals surface area (Å²) in [6, 6.07) is 12.7. The number of nitrogens with one attached hydrogen (secondary N) is 1. The first-order valence-electron chi connectivity index (χ1n) is 10.9. The van der Waals surface area contributed by atoms with Gasteiger partial charge in [0.2, 0.25) is 0 Å². The molecule has 2 aromatic carbocycles. The first-order valence-corrected chi connectivity index (χ1v) is 10.9. The third-order valence-corrected chi connectivity index (χ3v) is 6.54. The average Bonchev–Trinajstić information content (AvgIpc) is 2.82. The van der Waals surface area contributed by atoms with Gasteiger partial charge in [0.1, 0.15) is 5.82 Å². The largest absolute Gasteiger partial charge is 0.465 e. The van der Waals surface area contributed by atoms with Gasteiger partial charge in [0, 0.05) is 44.0 Å². The summed E-state index contributed by atoms with van der Waals surface area (Å²) >= 11 is 0. The number of likely N-dealkylation sites (N-methyl/N-ethyl adjacent to an activating group) is 1. The minimum absolute atomic E-state index is 0.245. The average molecular weight is 424 g/mol. The summed E-state index contributed by atoms with van der Waals surface area (Å²) in [7, 11) is 3.55. The van der Waals surface area contributed by atoms with Crippen LogP contribution >= 0.6 is 0 Å². The molecular formula is C25H30FN3O2. The number of halogens is 1. The van der Waals surface area contributed by atoms with Crippen LogP contribution in [0.4, 0.5) is 10.1 Å². The first kappa shape index (κ1) is 21.4. The van der Waals surface area contributed by atoms with Crippen LogP contribution in [0.2, 0.25) is 0 Å². The predicted octanol–water partition coefficient (Wildman–Crippen LogP) is 4.37. The van der Waals surface area contributed by atoms with Crippen molar-refractivity contribution < 1.29 is 13.9 Å². The Hall–Kier alpha value is -2.86. The highest BCUT2D eigenvalue weighted by Crippen LogP contribution is 2.36. The molecular weight excluding hydrogens is 393 g/mol. The number of hydrogen-bond donors (Lipinski definition) is 1. The number of allylic oxidation sites excluding steroid dienone is 1. The molecule has 1 N–H and O–H groups in total. The van der Waals surface area contributed by atoms with Gasteiger partial charge >= 0.3 is 5.97 Å². The monoisotopic (exact) mass is 423 g/mol. The molecule has 2 aromatic rings. The Morgan fingerprint density at radius 2 is 1.90 bits per heavy atom. The number of piperidine rings is 1. The fraction of sp³-hybridized carbons (Fsp3) is 0.400. The lowest BCUT2D eigenvalue weighted by Gasteiger charge is -2.41. The van der Waals surface area contributed by atoms with Crippen LogP contribution in [0.15, 0.2) is 48.2 Å². The molecule has 0 radical (unpaired) electrons. The van der Waals surface area contributed by atoms with Crippen LogP contribution in [0.5, 0.6) is 0 Å². The molecule has 0 aliphatic carbocycles. The molecule has 31 heavy (non-hydrogen) atoms. The van der Waals surface area contributed by atoms with Gasteiger partial charge in [-0.25, -0.2) is 9.18 Å². The Morgan fingerprint density at radius 1 is 1.19 bits per heavy atom. The van der Waals surface area contributed by atoms with Crippen LogP contribution in [-0.2, 0) is 11.2 Å². The lowest BCUT2D eigenvalue weighted by Crippen LogP contribution is -2.43. The van der Waals surface area contributed by atoms with Crippen molar-refractivity contribution >= 4 is 17.4 Å². The molecule has 0 saturated carbocycles. The van der Waals surface area contributed by atoms with Crippen molar-refractivity contribution in [1.82, 2.24) is 9.80 Å². The minimum atomic E-state index is -0.335. The number of anilines is 1. The molecule has 0 unspecified atom stereocenters. The van der Waals surface area contributed by atoms with Crippen LogP contribution in [0, 0.1) is 5.82 Å². The lowest BCUT2D eigenvalue weighted by atomic mass is 9.94. The van der Waals surface area contributed by atoms with Gasteiger partial charge in [0.25, 0.3) is 0 Å². The summed E-state index contributed by atoms with van der Waals surface area (Å²) in [5.74, 6) is -0.580. The Labute approximate surface area is 183 Å². The number of benzene rings is 2. The number of methoxy groups -OCH3 is 1. The summed E-state index contributed by atoms with van der Waals surface area (Å²) in [5.41, 5.74) is 5.69. The van der Waals surface area contributed by atoms with E-state index in [-0.39, 0.29) is 11.8 Å². The van der Waals surface area contributed by atoms with Gasteiger partial charge in [-0.05, 0) is 73.0 Å². The molecule has 0 amide bonds. The van der Waals surface area contributed by atoms with E-state index in [1.54, 1.807) is 6.07 Å². The van der Waals surface area contributed by atoms with E-state index in [4.69, 9.17) is 4.74 Å². The Balaban J connectivity index is 1.69. The normalized spacial score (nSPS) is 17.2. The van der Waals surface area contributed by atoms with Gasteiger partial charge < -0.3 is 19.9 Å². The van der Waals surface area contributed by atoms with Crippen molar-refractivity contribution in [3.63, 3.8) is 0 Å². The third kappa shape index (κ3) is 4.44. The summed E-state index contributed by atoms with van der Waals surface area (Å²) in [4.78, 5) is 16.9. The van der Waals surface area contributed by atoms with E-state index >= 15 is 0 Å². The molecule has 4 rings (SSSR count). The number of nitrogens with zero attached hydrogens (tertiary/aromatic N) is 2. The molecule has 5 nitrogen and oxygen atoms in total. The van der Waals surface area contributed by atoms with Gasteiger partial charge in [0.15, 0.2) is 0 Å². The zero-order valence-corrected chi connectivity index (χ0v) is 18.5. The molecule has 1 saturated heterocycles. The van der Waals surface area contributed by atoms with E-state index < -0.39 is 0 Å². The molecule has 0 bridgehead atoms. The second-order valence-corrected chi connectivity index (χ2v) is 8.27. The second kappa shape index (κ2) is 9.10. The Kier molecular flexibility index (Phi) is 6.28. The molecule has 0 aromatic heterocycles. The smallest absolute Gasteiger partial charge is 0.337 e. The summed E-state index contributed by atoms with van der Waals surface area (Å²) < 4.78 is 18.5. The van der Waals surface area contributed by atoms with Gasteiger partial charge in [-0.1, -0.05) is 6.92 Å². The summed E-state index contributed by atoms with van der Waals surface area (Å²) in [6.45, 7) is 5.49. The fourth-order valence-electron chi connectivity index (χ4n) is 4.58. The number of likely N-dealkylation sites (tertiary alicyclic amines) is 1. The van der Waals surface area contributed by atoms with Crippen molar-refractivity contribution in [1.29, 1.82) is 0 Å². The van der Waals surface area contributed by atoms with E-state index in [0.717, 1.165) is 60.7 Å². The highest BCUT2D eigenvalue weighted by molar-refractivity contribution is 5.91. The number of rotatable bonds is 5. The van der Waals surface area contributed by atoms with Crippen molar-refractivity contribution in [3.8, 4) is 0 Å². The van der Waals surface area contributed by atoms with Crippen LogP contribution < -0.4 is 5.32 Å². The second-order valence-electron chi connectivity index (χ2n) is 8.27. The van der Waals surface area contributed by atoms with Crippen molar-refractivity contribution in [2.75, 3.05) is 39.1 Å². The van der Waals surface area contributed by atoms with Gasteiger partial charge in [-0.3, -0.25) is 0 Å². The SMILES string of the molecule is CCN1CCC(N(C)C2=C(c3ccc(F)cc3)Nc3ccc(C(=O)OC)cc3C2)CC1. The first-order chi connectivity index (χ1) is 15.0. The molecule has 0 atom stereocenters. The molecule has 2 aliphatic rings. The highest BCUT2D eigenvalue weighted by Gasteiger charge is 2.28. The van der Waals surface area contributed by atoms with Crippen molar-refractivity contribution in [2.45, 2.75) is 32.2 Å². The maximum absolute atomic E-state index is 13.6. The van der Waals surface area contributed by atoms with E-state index in [1.165, 1.54) is 19.2 Å². The quantitative estimate of drug-likeness (QED) is 0.724.